The van der Waals surface area contributed by atoms with Crippen molar-refractivity contribution in [1.82, 2.24) is 5.32 Å². The molecule has 0 heterocycles. The molecule has 1 unspecified atom stereocenters. The third kappa shape index (κ3) is 5.32. The number of ether oxygens (including phenoxy) is 2. The maximum atomic E-state index is 11.4. The van der Waals surface area contributed by atoms with Gasteiger partial charge in [-0.25, -0.2) is 0 Å². The maximum Gasteiger partial charge on any atom is 0.258 e. The van der Waals surface area contributed by atoms with Gasteiger partial charge in [0.1, 0.15) is 0 Å². The molecule has 20 heavy (non-hydrogen) atoms. The highest BCUT2D eigenvalue weighted by Crippen LogP contribution is 2.28. The Morgan fingerprint density at radius 2 is 2.25 bits per heavy atom. The van der Waals surface area contributed by atoms with Gasteiger partial charge in [-0.05, 0) is 31.0 Å². The standard InChI is InChI=1S/C15H22N2O3/c1-4-7-17-15(18)10-20-13-6-5-12(8-11(2)16)9-14(13)19-3/h4-6,9,11H,1,7-8,10,16H2,2-3H3,(H,17,18). The fraction of sp³-hybridized carbons (Fsp3) is 0.400. The molecule has 1 atom stereocenters. The van der Waals surface area contributed by atoms with Gasteiger partial charge >= 0.3 is 0 Å². The minimum absolute atomic E-state index is 0.0587. The van der Waals surface area contributed by atoms with E-state index in [1.807, 2.05) is 19.1 Å². The first-order chi connectivity index (χ1) is 9.56. The molecule has 0 aromatic heterocycles. The van der Waals surface area contributed by atoms with E-state index >= 15 is 0 Å². The van der Waals surface area contributed by atoms with Gasteiger partial charge < -0.3 is 20.5 Å². The number of carbonyl (C=O) groups excluding carboxylic acids is 1. The number of methoxy groups -OCH3 is 1. The second-order valence-electron chi connectivity index (χ2n) is 4.55. The molecular weight excluding hydrogens is 256 g/mol. The normalized spacial score (nSPS) is 11.6. The van der Waals surface area contributed by atoms with Crippen molar-refractivity contribution in [3.8, 4) is 11.5 Å². The molecule has 1 rings (SSSR count). The molecule has 0 radical (unpaired) electrons. The predicted molar refractivity (Wildman–Crippen MR) is 79.0 cm³/mol. The lowest BCUT2D eigenvalue weighted by molar-refractivity contribution is -0.122. The molecular formula is C15H22N2O3. The lowest BCUT2D eigenvalue weighted by atomic mass is 10.1. The van der Waals surface area contributed by atoms with Crippen LogP contribution in [0.4, 0.5) is 0 Å². The van der Waals surface area contributed by atoms with Crippen molar-refractivity contribution >= 4 is 5.91 Å². The Morgan fingerprint density at radius 3 is 2.85 bits per heavy atom. The average Bonchev–Trinajstić information content (AvgIpc) is 2.42. The minimum atomic E-state index is -0.202. The summed E-state index contributed by atoms with van der Waals surface area (Å²) in [6, 6.07) is 5.66. The molecule has 0 aliphatic heterocycles. The Morgan fingerprint density at radius 1 is 1.50 bits per heavy atom. The number of nitrogens with two attached hydrogens (primary N) is 1. The van der Waals surface area contributed by atoms with Crippen LogP contribution in [0.25, 0.3) is 0 Å². The van der Waals surface area contributed by atoms with E-state index in [2.05, 4.69) is 11.9 Å². The number of hydrogen-bond donors (Lipinski definition) is 2. The Hall–Kier alpha value is -2.01. The van der Waals surface area contributed by atoms with Gasteiger partial charge in [0.05, 0.1) is 7.11 Å². The van der Waals surface area contributed by atoms with Crippen molar-refractivity contribution in [3.63, 3.8) is 0 Å². The fourth-order valence-corrected chi connectivity index (χ4v) is 1.71. The van der Waals surface area contributed by atoms with Gasteiger partial charge in [0, 0.05) is 12.6 Å². The molecule has 0 aliphatic carbocycles. The van der Waals surface area contributed by atoms with E-state index in [0.717, 1.165) is 12.0 Å². The van der Waals surface area contributed by atoms with Gasteiger partial charge in [0.2, 0.25) is 0 Å². The van der Waals surface area contributed by atoms with E-state index in [9.17, 15) is 4.79 Å². The van der Waals surface area contributed by atoms with E-state index in [4.69, 9.17) is 15.2 Å². The summed E-state index contributed by atoms with van der Waals surface area (Å²) in [4.78, 5) is 11.4. The molecule has 0 saturated heterocycles. The molecule has 110 valence electrons. The van der Waals surface area contributed by atoms with Crippen molar-refractivity contribution in [2.45, 2.75) is 19.4 Å². The number of amides is 1. The molecule has 0 bridgehead atoms. The van der Waals surface area contributed by atoms with Gasteiger partial charge in [-0.2, -0.15) is 0 Å². The molecule has 3 N–H and O–H groups in total. The number of nitrogens with one attached hydrogen (secondary N) is 1. The van der Waals surface area contributed by atoms with E-state index in [0.29, 0.717) is 18.0 Å². The second-order valence-corrected chi connectivity index (χ2v) is 4.55. The maximum absolute atomic E-state index is 11.4. The molecule has 1 aromatic rings. The van der Waals surface area contributed by atoms with Crippen molar-refractivity contribution in [2.24, 2.45) is 5.73 Å². The Balaban J connectivity index is 2.65. The number of hydrogen-bond acceptors (Lipinski definition) is 4. The molecule has 0 aliphatic rings. The summed E-state index contributed by atoms with van der Waals surface area (Å²) in [5.41, 5.74) is 6.84. The number of benzene rings is 1. The van der Waals surface area contributed by atoms with Gasteiger partial charge in [-0.1, -0.05) is 12.1 Å². The van der Waals surface area contributed by atoms with Crippen LogP contribution in [-0.2, 0) is 11.2 Å². The highest BCUT2D eigenvalue weighted by molar-refractivity contribution is 5.77. The smallest absolute Gasteiger partial charge is 0.258 e. The van der Waals surface area contributed by atoms with Crippen LogP contribution in [0.2, 0.25) is 0 Å². The summed E-state index contributed by atoms with van der Waals surface area (Å²) in [7, 11) is 1.57. The first-order valence-electron chi connectivity index (χ1n) is 6.49. The minimum Gasteiger partial charge on any atom is -0.493 e. The molecule has 0 fully saturated rings. The van der Waals surface area contributed by atoms with Gasteiger partial charge in [0.25, 0.3) is 5.91 Å². The topological polar surface area (TPSA) is 73.6 Å². The van der Waals surface area contributed by atoms with Crippen LogP contribution in [0.5, 0.6) is 11.5 Å². The van der Waals surface area contributed by atoms with Crippen LogP contribution in [0.3, 0.4) is 0 Å². The zero-order valence-corrected chi connectivity index (χ0v) is 12.0. The first kappa shape index (κ1) is 16.0. The zero-order valence-electron chi connectivity index (χ0n) is 12.0. The molecule has 5 heteroatoms. The van der Waals surface area contributed by atoms with Crippen LogP contribution in [0.1, 0.15) is 12.5 Å². The highest BCUT2D eigenvalue weighted by atomic mass is 16.5. The average molecular weight is 278 g/mol. The quantitative estimate of drug-likeness (QED) is 0.702. The Bertz CT molecular complexity index is 458. The van der Waals surface area contributed by atoms with Crippen LogP contribution >= 0.6 is 0 Å². The molecule has 0 spiro atoms. The van der Waals surface area contributed by atoms with Crippen LogP contribution in [0, 0.1) is 0 Å². The third-order valence-corrected chi connectivity index (χ3v) is 2.59. The summed E-state index contributed by atoms with van der Waals surface area (Å²) in [5.74, 6) is 0.931. The van der Waals surface area contributed by atoms with Crippen molar-refractivity contribution < 1.29 is 14.3 Å². The largest absolute Gasteiger partial charge is 0.493 e. The highest BCUT2D eigenvalue weighted by Gasteiger charge is 2.09. The van der Waals surface area contributed by atoms with Crippen molar-refractivity contribution in [1.29, 1.82) is 0 Å². The van der Waals surface area contributed by atoms with E-state index < -0.39 is 0 Å². The summed E-state index contributed by atoms with van der Waals surface area (Å²) in [6.45, 7) is 5.84. The third-order valence-electron chi connectivity index (χ3n) is 2.59. The summed E-state index contributed by atoms with van der Waals surface area (Å²) in [5, 5.41) is 2.64. The van der Waals surface area contributed by atoms with Crippen LogP contribution in [-0.4, -0.2) is 32.2 Å². The van der Waals surface area contributed by atoms with E-state index in [1.54, 1.807) is 19.3 Å². The monoisotopic (exact) mass is 278 g/mol. The van der Waals surface area contributed by atoms with E-state index in [1.165, 1.54) is 0 Å². The Labute approximate surface area is 119 Å². The summed E-state index contributed by atoms with van der Waals surface area (Å²) < 4.78 is 10.7. The predicted octanol–water partition coefficient (Wildman–Crippen LogP) is 1.27. The second kappa shape index (κ2) is 8.22. The summed E-state index contributed by atoms with van der Waals surface area (Å²) in [6.07, 6.45) is 2.37. The van der Waals surface area contributed by atoms with Gasteiger partial charge in [-0.3, -0.25) is 4.79 Å². The van der Waals surface area contributed by atoms with E-state index in [-0.39, 0.29) is 18.6 Å². The van der Waals surface area contributed by atoms with Crippen molar-refractivity contribution in [3.05, 3.63) is 36.4 Å². The SMILES string of the molecule is C=CCNC(=O)COc1ccc(CC(C)N)cc1OC. The first-order valence-corrected chi connectivity index (χ1v) is 6.49. The number of carbonyl (C=O) groups is 1. The van der Waals surface area contributed by atoms with Crippen LogP contribution < -0.4 is 20.5 Å². The molecule has 5 nitrogen and oxygen atoms in total. The van der Waals surface area contributed by atoms with Gasteiger partial charge in [-0.15, -0.1) is 6.58 Å². The van der Waals surface area contributed by atoms with Crippen LogP contribution in [0.15, 0.2) is 30.9 Å². The lowest BCUT2D eigenvalue weighted by Gasteiger charge is -2.13. The summed E-state index contributed by atoms with van der Waals surface area (Å²) >= 11 is 0. The van der Waals surface area contributed by atoms with Crippen molar-refractivity contribution in [2.75, 3.05) is 20.3 Å². The fourth-order valence-electron chi connectivity index (χ4n) is 1.71. The molecule has 0 saturated carbocycles. The lowest BCUT2D eigenvalue weighted by Crippen LogP contribution is -2.28. The number of rotatable bonds is 8. The molecule has 1 amide bonds. The molecule has 1 aromatic carbocycles. The zero-order chi connectivity index (χ0) is 15.0. The van der Waals surface area contributed by atoms with Gasteiger partial charge in [0.15, 0.2) is 18.1 Å². The Kier molecular flexibility index (Phi) is 6.59.